The van der Waals surface area contributed by atoms with Gasteiger partial charge in [0, 0.05) is 18.7 Å². The number of hydrogen-bond acceptors (Lipinski definition) is 5. The molecule has 2 aliphatic heterocycles. The molecule has 0 bridgehead atoms. The first kappa shape index (κ1) is 21.1. The van der Waals surface area contributed by atoms with Gasteiger partial charge in [0.15, 0.2) is 11.5 Å². The van der Waals surface area contributed by atoms with Gasteiger partial charge >= 0.3 is 0 Å². The quantitative estimate of drug-likeness (QED) is 0.616. The molecule has 0 aliphatic carbocycles. The predicted octanol–water partition coefficient (Wildman–Crippen LogP) is 3.80. The molecule has 1 atom stereocenters. The van der Waals surface area contributed by atoms with E-state index < -0.39 is 0 Å². The highest BCUT2D eigenvalue weighted by molar-refractivity contribution is 6.04. The average molecular weight is 447 g/mol. The van der Waals surface area contributed by atoms with Crippen molar-refractivity contribution in [3.8, 4) is 11.5 Å². The van der Waals surface area contributed by atoms with Crippen LogP contribution in [0.2, 0.25) is 0 Å². The van der Waals surface area contributed by atoms with Crippen LogP contribution in [-0.4, -0.2) is 52.6 Å². The Morgan fingerprint density at radius 1 is 1.09 bits per heavy atom. The zero-order chi connectivity index (χ0) is 22.8. The summed E-state index contributed by atoms with van der Waals surface area (Å²) < 4.78 is 13.8. The van der Waals surface area contributed by atoms with Gasteiger partial charge < -0.3 is 18.9 Å². The van der Waals surface area contributed by atoms with Crippen molar-refractivity contribution in [1.29, 1.82) is 0 Å². The van der Waals surface area contributed by atoms with Crippen LogP contribution in [0.15, 0.2) is 55.1 Å². The summed E-state index contributed by atoms with van der Waals surface area (Å²) in [5.74, 6) is 1.37. The molecule has 0 spiro atoms. The van der Waals surface area contributed by atoms with Crippen LogP contribution in [0.5, 0.6) is 11.5 Å². The summed E-state index contributed by atoms with van der Waals surface area (Å²) in [7, 11) is 0. The number of benzene rings is 2. The number of hydrogen-bond donors (Lipinski definition) is 1. The highest BCUT2D eigenvalue weighted by Gasteiger charge is 2.29. The molecule has 1 fully saturated rings. The number of likely N-dealkylation sites (tertiary alicyclic amines) is 1. The Labute approximate surface area is 191 Å². The maximum atomic E-state index is 13.0. The Bertz CT molecular complexity index is 1200. The van der Waals surface area contributed by atoms with Crippen LogP contribution in [0, 0.1) is 0 Å². The minimum atomic E-state index is -0.245. The number of nitrogens with one attached hydrogen (secondary N) is 1. The topological polar surface area (TPSA) is 85.7 Å². The highest BCUT2D eigenvalue weighted by atomic mass is 16.6. The first-order valence-corrected chi connectivity index (χ1v) is 11.2. The summed E-state index contributed by atoms with van der Waals surface area (Å²) >= 11 is 0. The first-order valence-electron chi connectivity index (χ1n) is 11.2. The van der Waals surface area contributed by atoms with Gasteiger partial charge in [-0.2, -0.15) is 0 Å². The summed E-state index contributed by atoms with van der Waals surface area (Å²) in [6.45, 7) is 5.74. The predicted molar refractivity (Wildman–Crippen MR) is 125 cm³/mol. The molecule has 8 nitrogen and oxygen atoms in total. The lowest BCUT2D eigenvalue weighted by atomic mass is 10.1. The fraction of sp³-hybridized carbons (Fsp3) is 0.320. The van der Waals surface area contributed by atoms with Gasteiger partial charge in [0.25, 0.3) is 5.91 Å². The number of amides is 2. The van der Waals surface area contributed by atoms with Crippen LogP contribution in [0.25, 0.3) is 11.0 Å². The minimum absolute atomic E-state index is 0.0931. The molecule has 5 rings (SSSR count). The molecule has 0 saturated carbocycles. The minimum Gasteiger partial charge on any atom is -0.486 e. The molecular formula is C25H26N4O4. The SMILES string of the molecule is C=CC(=O)N1CCCCC(n2c(NC(=O)c3ccccc3)nc3ccc4c(c32)OCCO4)C1. The number of carbonyl (C=O) groups is 2. The van der Waals surface area contributed by atoms with Crippen LogP contribution in [0.1, 0.15) is 35.7 Å². The number of nitrogens with zero attached hydrogens (tertiary/aromatic N) is 3. The molecule has 1 N–H and O–H groups in total. The van der Waals surface area contributed by atoms with E-state index in [2.05, 4.69) is 11.9 Å². The third-order valence-electron chi connectivity index (χ3n) is 6.12. The third-order valence-corrected chi connectivity index (χ3v) is 6.12. The van der Waals surface area contributed by atoms with E-state index in [1.807, 2.05) is 39.8 Å². The summed E-state index contributed by atoms with van der Waals surface area (Å²) in [6.07, 6.45) is 4.05. The Morgan fingerprint density at radius 2 is 1.91 bits per heavy atom. The molecule has 2 aromatic carbocycles. The van der Waals surface area contributed by atoms with Gasteiger partial charge in [-0.25, -0.2) is 4.98 Å². The van der Waals surface area contributed by atoms with E-state index in [1.165, 1.54) is 6.08 Å². The largest absolute Gasteiger partial charge is 0.486 e. The summed E-state index contributed by atoms with van der Waals surface area (Å²) in [6, 6.07) is 12.7. The van der Waals surface area contributed by atoms with Crippen LogP contribution >= 0.6 is 0 Å². The Hall–Kier alpha value is -3.81. The second kappa shape index (κ2) is 8.97. The number of imidazole rings is 1. The highest BCUT2D eigenvalue weighted by Crippen LogP contribution is 2.41. The lowest BCUT2D eigenvalue weighted by Gasteiger charge is -2.27. The summed E-state index contributed by atoms with van der Waals surface area (Å²) in [4.78, 5) is 32.0. The fourth-order valence-corrected chi connectivity index (χ4v) is 4.55. The Kier molecular flexibility index (Phi) is 5.73. The van der Waals surface area contributed by atoms with Gasteiger partial charge in [-0.3, -0.25) is 14.9 Å². The molecule has 3 aromatic rings. The van der Waals surface area contributed by atoms with Gasteiger partial charge in [0.05, 0.1) is 11.6 Å². The van der Waals surface area contributed by atoms with Crippen LogP contribution in [0.3, 0.4) is 0 Å². The van der Waals surface area contributed by atoms with Crippen molar-refractivity contribution in [3.63, 3.8) is 0 Å². The van der Waals surface area contributed by atoms with Gasteiger partial charge in [-0.1, -0.05) is 24.8 Å². The van der Waals surface area contributed by atoms with E-state index in [9.17, 15) is 9.59 Å². The van der Waals surface area contributed by atoms with Crippen LogP contribution in [0.4, 0.5) is 5.95 Å². The third kappa shape index (κ3) is 4.04. The Morgan fingerprint density at radius 3 is 2.73 bits per heavy atom. The molecule has 1 aromatic heterocycles. The van der Waals surface area contributed by atoms with E-state index in [0.717, 1.165) is 24.8 Å². The van der Waals surface area contributed by atoms with Crippen molar-refractivity contribution in [2.75, 3.05) is 31.6 Å². The molecule has 0 radical (unpaired) electrons. The normalized spacial score (nSPS) is 17.9. The fourth-order valence-electron chi connectivity index (χ4n) is 4.55. The summed E-state index contributed by atoms with van der Waals surface area (Å²) in [5.41, 5.74) is 2.02. The van der Waals surface area contributed by atoms with Crippen molar-refractivity contribution >= 4 is 28.8 Å². The molecular weight excluding hydrogens is 420 g/mol. The molecule has 2 amide bonds. The molecule has 1 unspecified atom stereocenters. The number of aromatic nitrogens is 2. The van der Waals surface area contributed by atoms with Crippen molar-refractivity contribution in [2.24, 2.45) is 0 Å². The van der Waals surface area contributed by atoms with Crippen LogP contribution in [-0.2, 0) is 4.79 Å². The van der Waals surface area contributed by atoms with Crippen molar-refractivity contribution in [1.82, 2.24) is 14.5 Å². The zero-order valence-electron chi connectivity index (χ0n) is 18.3. The van der Waals surface area contributed by atoms with E-state index in [-0.39, 0.29) is 17.9 Å². The maximum absolute atomic E-state index is 13.0. The average Bonchev–Trinajstić information content (AvgIpc) is 3.05. The standard InChI is InChI=1S/C25H26N4O4/c1-2-21(30)28-13-7-6-10-18(16-28)29-22-19(11-12-20-23(22)33-15-14-32-20)26-25(29)27-24(31)17-8-4-3-5-9-17/h2-5,8-9,11-12,18H,1,6-7,10,13-16H2,(H,26,27,31). The molecule has 1 saturated heterocycles. The summed E-state index contributed by atoms with van der Waals surface area (Å²) in [5, 5.41) is 2.99. The molecule has 33 heavy (non-hydrogen) atoms. The maximum Gasteiger partial charge on any atom is 0.257 e. The van der Waals surface area contributed by atoms with E-state index in [4.69, 9.17) is 14.5 Å². The Balaban J connectivity index is 1.62. The monoisotopic (exact) mass is 446 g/mol. The first-order chi connectivity index (χ1) is 16.2. The molecule has 2 aliphatic rings. The van der Waals surface area contributed by atoms with Crippen molar-refractivity contribution in [3.05, 3.63) is 60.7 Å². The van der Waals surface area contributed by atoms with E-state index in [1.54, 1.807) is 12.1 Å². The zero-order valence-corrected chi connectivity index (χ0v) is 18.3. The van der Waals surface area contributed by atoms with Gasteiger partial charge in [0.2, 0.25) is 11.9 Å². The molecule has 170 valence electrons. The van der Waals surface area contributed by atoms with Gasteiger partial charge in [-0.15, -0.1) is 0 Å². The van der Waals surface area contributed by atoms with E-state index >= 15 is 0 Å². The smallest absolute Gasteiger partial charge is 0.257 e. The molecule has 3 heterocycles. The number of anilines is 1. The second-order valence-electron chi connectivity index (χ2n) is 8.22. The van der Waals surface area contributed by atoms with Gasteiger partial charge in [0.1, 0.15) is 18.7 Å². The number of carbonyl (C=O) groups excluding carboxylic acids is 2. The van der Waals surface area contributed by atoms with E-state index in [0.29, 0.717) is 54.8 Å². The van der Waals surface area contributed by atoms with Gasteiger partial charge in [-0.05, 0) is 49.6 Å². The second-order valence-corrected chi connectivity index (χ2v) is 8.22. The lowest BCUT2D eigenvalue weighted by molar-refractivity contribution is -0.126. The van der Waals surface area contributed by atoms with Crippen molar-refractivity contribution < 1.29 is 19.1 Å². The number of fused-ring (bicyclic) bond motifs is 3. The van der Waals surface area contributed by atoms with Crippen LogP contribution < -0.4 is 14.8 Å². The number of rotatable bonds is 4. The molecule has 8 heteroatoms. The lowest BCUT2D eigenvalue weighted by Crippen LogP contribution is -2.34. The van der Waals surface area contributed by atoms with Crippen molar-refractivity contribution in [2.45, 2.75) is 25.3 Å². The number of ether oxygens (including phenoxy) is 2.